The fourth-order valence-electron chi connectivity index (χ4n) is 0.880. The van der Waals surface area contributed by atoms with Crippen LogP contribution in [0.25, 0.3) is 0 Å². The van der Waals surface area contributed by atoms with Gasteiger partial charge in [-0.1, -0.05) is 20.3 Å². The summed E-state index contributed by atoms with van der Waals surface area (Å²) in [6.45, 7) is 4.47. The van der Waals surface area contributed by atoms with E-state index in [1.807, 2.05) is 13.8 Å². The van der Waals surface area contributed by atoms with Crippen molar-refractivity contribution in [3.8, 4) is 0 Å². The molecule has 0 saturated carbocycles. The Labute approximate surface area is 80.1 Å². The first-order chi connectivity index (χ1) is 6.16. The number of unbranched alkanes of at least 4 members (excludes halogenated alkanes) is 2. The fourth-order valence-corrected chi connectivity index (χ4v) is 0.880. The highest BCUT2D eigenvalue weighted by molar-refractivity contribution is 5.69. The molecule has 1 radical (unpaired) electrons. The van der Waals surface area contributed by atoms with Crippen molar-refractivity contribution in [1.82, 2.24) is 0 Å². The smallest absolute Gasteiger partial charge is 0.305 e. The molecule has 3 heteroatoms. The van der Waals surface area contributed by atoms with E-state index in [1.54, 1.807) is 0 Å². The number of hydrogen-bond acceptors (Lipinski definition) is 2. The van der Waals surface area contributed by atoms with Gasteiger partial charge in [-0.05, 0) is 18.8 Å². The van der Waals surface area contributed by atoms with Crippen LogP contribution in [0.1, 0.15) is 39.5 Å². The van der Waals surface area contributed by atoms with Crippen LogP contribution in [0.5, 0.6) is 0 Å². The van der Waals surface area contributed by atoms with Crippen LogP contribution in [0.4, 0.5) is 0 Å². The molecule has 0 aliphatic rings. The SMILES string of the molecule is CC(C)COC(=O)CCCCC[O]. The van der Waals surface area contributed by atoms with Crippen LogP contribution in [0, 0.1) is 5.92 Å². The molecule has 0 heterocycles. The van der Waals surface area contributed by atoms with Gasteiger partial charge in [0.1, 0.15) is 0 Å². The number of carbonyl (C=O) groups is 1. The molecule has 0 fully saturated rings. The Kier molecular flexibility index (Phi) is 7.69. The van der Waals surface area contributed by atoms with Crippen molar-refractivity contribution < 1.29 is 14.6 Å². The molecular weight excluding hydrogens is 168 g/mol. The second-order valence-corrected chi connectivity index (χ2v) is 3.59. The molecule has 3 nitrogen and oxygen atoms in total. The molecule has 0 aromatic heterocycles. The summed E-state index contributed by atoms with van der Waals surface area (Å²) in [5, 5.41) is 10.1. The summed E-state index contributed by atoms with van der Waals surface area (Å²) < 4.78 is 4.97. The lowest BCUT2D eigenvalue weighted by Crippen LogP contribution is -2.09. The van der Waals surface area contributed by atoms with E-state index in [0.29, 0.717) is 25.4 Å². The maximum absolute atomic E-state index is 11.0. The average Bonchev–Trinajstić information content (AvgIpc) is 2.09. The number of carbonyl (C=O) groups excluding carboxylic acids is 1. The summed E-state index contributed by atoms with van der Waals surface area (Å²) in [4.78, 5) is 11.0. The second kappa shape index (κ2) is 8.05. The zero-order valence-electron chi connectivity index (χ0n) is 8.54. The van der Waals surface area contributed by atoms with E-state index in [9.17, 15) is 9.90 Å². The molecule has 0 spiro atoms. The molecule has 0 rings (SSSR count). The Balaban J connectivity index is 3.20. The monoisotopic (exact) mass is 187 g/mol. The predicted molar refractivity (Wildman–Crippen MR) is 49.8 cm³/mol. The first-order valence-corrected chi connectivity index (χ1v) is 4.90. The summed E-state index contributed by atoms with van der Waals surface area (Å²) in [7, 11) is 0. The lowest BCUT2D eigenvalue weighted by Gasteiger charge is -2.06. The average molecular weight is 187 g/mol. The van der Waals surface area contributed by atoms with Crippen molar-refractivity contribution in [3.05, 3.63) is 0 Å². The Morgan fingerprint density at radius 1 is 1.23 bits per heavy atom. The summed E-state index contributed by atoms with van der Waals surface area (Å²) in [6, 6.07) is 0. The Bertz CT molecular complexity index is 132. The van der Waals surface area contributed by atoms with E-state index < -0.39 is 0 Å². The van der Waals surface area contributed by atoms with Gasteiger partial charge < -0.3 is 4.74 Å². The summed E-state index contributed by atoms with van der Waals surface area (Å²) in [6.07, 6.45) is 2.73. The van der Waals surface area contributed by atoms with Gasteiger partial charge in [-0.2, -0.15) is 0 Å². The molecule has 0 N–H and O–H groups in total. The van der Waals surface area contributed by atoms with Crippen molar-refractivity contribution in [3.63, 3.8) is 0 Å². The normalized spacial score (nSPS) is 10.5. The van der Waals surface area contributed by atoms with Gasteiger partial charge >= 0.3 is 5.97 Å². The zero-order valence-corrected chi connectivity index (χ0v) is 8.54. The van der Waals surface area contributed by atoms with Crippen LogP contribution in [0.3, 0.4) is 0 Å². The highest BCUT2D eigenvalue weighted by Crippen LogP contribution is 2.02. The van der Waals surface area contributed by atoms with Crippen LogP contribution < -0.4 is 0 Å². The fraction of sp³-hybridized carbons (Fsp3) is 0.900. The summed E-state index contributed by atoms with van der Waals surface area (Å²) in [5.41, 5.74) is 0. The highest BCUT2D eigenvalue weighted by atomic mass is 16.5. The highest BCUT2D eigenvalue weighted by Gasteiger charge is 2.03. The molecule has 0 aromatic carbocycles. The van der Waals surface area contributed by atoms with Gasteiger partial charge in [-0.3, -0.25) is 4.79 Å². The third-order valence-electron chi connectivity index (χ3n) is 1.60. The number of esters is 1. The third-order valence-corrected chi connectivity index (χ3v) is 1.60. The van der Waals surface area contributed by atoms with Crippen LogP contribution in [-0.4, -0.2) is 19.2 Å². The van der Waals surface area contributed by atoms with E-state index in [2.05, 4.69) is 0 Å². The minimum absolute atomic E-state index is 0.0406. The van der Waals surface area contributed by atoms with Gasteiger partial charge in [0.15, 0.2) is 0 Å². The molecule has 0 aliphatic heterocycles. The molecule has 0 atom stereocenters. The van der Waals surface area contributed by atoms with Crippen LogP contribution in [-0.2, 0) is 14.6 Å². The minimum atomic E-state index is -0.139. The Morgan fingerprint density at radius 3 is 2.46 bits per heavy atom. The molecule has 77 valence electrons. The van der Waals surface area contributed by atoms with Gasteiger partial charge in [0.05, 0.1) is 13.2 Å². The Morgan fingerprint density at radius 2 is 1.92 bits per heavy atom. The summed E-state index contributed by atoms with van der Waals surface area (Å²) >= 11 is 0. The number of rotatable bonds is 7. The molecular formula is C10H19O3. The van der Waals surface area contributed by atoms with Gasteiger partial charge in [0, 0.05) is 6.42 Å². The van der Waals surface area contributed by atoms with E-state index in [0.717, 1.165) is 12.8 Å². The van der Waals surface area contributed by atoms with E-state index >= 15 is 0 Å². The zero-order chi connectivity index (χ0) is 10.1. The van der Waals surface area contributed by atoms with Crippen molar-refractivity contribution in [1.29, 1.82) is 0 Å². The molecule has 13 heavy (non-hydrogen) atoms. The predicted octanol–water partition coefficient (Wildman–Crippen LogP) is 2.18. The van der Waals surface area contributed by atoms with Crippen LogP contribution in [0.2, 0.25) is 0 Å². The summed E-state index contributed by atoms with van der Waals surface area (Å²) in [5.74, 6) is 0.255. The van der Waals surface area contributed by atoms with Gasteiger partial charge in [0.2, 0.25) is 0 Å². The largest absolute Gasteiger partial charge is 0.465 e. The Hall–Kier alpha value is -0.570. The first-order valence-electron chi connectivity index (χ1n) is 4.90. The first kappa shape index (κ1) is 12.4. The molecule has 0 bridgehead atoms. The van der Waals surface area contributed by atoms with Gasteiger partial charge in [0.25, 0.3) is 0 Å². The molecule has 0 unspecified atom stereocenters. The van der Waals surface area contributed by atoms with Gasteiger partial charge in [-0.25, -0.2) is 5.11 Å². The standard InChI is InChI=1S/C10H19O3/c1-9(2)8-13-10(12)6-4-3-5-7-11/h9H,3-8H2,1-2H3. The lowest BCUT2D eigenvalue weighted by molar-refractivity contribution is -0.144. The van der Waals surface area contributed by atoms with Crippen molar-refractivity contribution in [2.75, 3.05) is 13.2 Å². The number of hydrogen-bond donors (Lipinski definition) is 0. The van der Waals surface area contributed by atoms with Gasteiger partial charge in [-0.15, -0.1) is 0 Å². The topological polar surface area (TPSA) is 46.2 Å². The maximum Gasteiger partial charge on any atom is 0.305 e. The third kappa shape index (κ3) is 9.34. The molecule has 0 aromatic rings. The lowest BCUT2D eigenvalue weighted by atomic mass is 10.2. The van der Waals surface area contributed by atoms with Crippen LogP contribution >= 0.6 is 0 Å². The van der Waals surface area contributed by atoms with E-state index in [1.165, 1.54) is 0 Å². The molecule has 0 aliphatic carbocycles. The minimum Gasteiger partial charge on any atom is -0.465 e. The maximum atomic E-state index is 11.0. The number of ether oxygens (including phenoxy) is 1. The van der Waals surface area contributed by atoms with Crippen molar-refractivity contribution in [2.45, 2.75) is 39.5 Å². The second-order valence-electron chi connectivity index (χ2n) is 3.59. The molecule has 0 amide bonds. The van der Waals surface area contributed by atoms with Crippen molar-refractivity contribution >= 4 is 5.97 Å². The molecule has 0 saturated heterocycles. The van der Waals surface area contributed by atoms with E-state index in [-0.39, 0.29) is 12.6 Å². The van der Waals surface area contributed by atoms with E-state index in [4.69, 9.17) is 4.74 Å². The quantitative estimate of drug-likeness (QED) is 0.453. The van der Waals surface area contributed by atoms with Crippen LogP contribution in [0.15, 0.2) is 0 Å². The van der Waals surface area contributed by atoms with Crippen molar-refractivity contribution in [2.24, 2.45) is 5.92 Å².